The minimum absolute atomic E-state index is 0.00380. The molecule has 0 radical (unpaired) electrons. The van der Waals surface area contributed by atoms with Crippen LogP contribution in [0.4, 0.5) is 0 Å². The highest BCUT2D eigenvalue weighted by molar-refractivity contribution is 9.10. The van der Waals surface area contributed by atoms with Gasteiger partial charge in [0.1, 0.15) is 0 Å². The minimum atomic E-state index is -0.00380. The van der Waals surface area contributed by atoms with Crippen LogP contribution in [0.15, 0.2) is 22.7 Å². The molecule has 0 heterocycles. The highest BCUT2D eigenvalue weighted by atomic mass is 79.9. The Balaban J connectivity index is 2.78. The molecule has 106 valence electrons. The zero-order valence-corrected chi connectivity index (χ0v) is 14.5. The first kappa shape index (κ1) is 16.6. The number of carbonyl (C=O) groups excluding carboxylic acids is 1. The van der Waals surface area contributed by atoms with E-state index >= 15 is 0 Å². The SMILES string of the molecule is CCC(CC)(CNC(=O)c1cccc(C)c1Br)SC. The number of nitrogens with one attached hydrogen (secondary N) is 1. The third-order valence-corrected chi connectivity index (χ3v) is 6.37. The number of rotatable bonds is 6. The van der Waals surface area contributed by atoms with Crippen LogP contribution in [-0.2, 0) is 0 Å². The quantitative estimate of drug-likeness (QED) is 0.828. The van der Waals surface area contributed by atoms with Gasteiger partial charge in [-0.2, -0.15) is 11.8 Å². The molecule has 0 atom stereocenters. The van der Waals surface area contributed by atoms with E-state index in [1.807, 2.05) is 36.9 Å². The Morgan fingerprint density at radius 1 is 1.37 bits per heavy atom. The van der Waals surface area contributed by atoms with Gasteiger partial charge in [-0.25, -0.2) is 0 Å². The molecule has 0 saturated carbocycles. The molecular weight excluding hydrogens is 322 g/mol. The van der Waals surface area contributed by atoms with Crippen molar-refractivity contribution in [3.63, 3.8) is 0 Å². The fourth-order valence-electron chi connectivity index (χ4n) is 2.02. The second-order valence-electron chi connectivity index (χ2n) is 4.71. The van der Waals surface area contributed by atoms with Gasteiger partial charge in [-0.3, -0.25) is 4.79 Å². The van der Waals surface area contributed by atoms with E-state index in [9.17, 15) is 4.79 Å². The van der Waals surface area contributed by atoms with Crippen molar-refractivity contribution in [2.45, 2.75) is 38.4 Å². The van der Waals surface area contributed by atoms with Gasteiger partial charge in [0, 0.05) is 15.8 Å². The molecule has 4 heteroatoms. The van der Waals surface area contributed by atoms with Crippen LogP contribution in [0.2, 0.25) is 0 Å². The van der Waals surface area contributed by atoms with E-state index in [0.29, 0.717) is 12.1 Å². The molecule has 1 amide bonds. The molecule has 0 spiro atoms. The van der Waals surface area contributed by atoms with Crippen LogP contribution in [0.25, 0.3) is 0 Å². The molecule has 19 heavy (non-hydrogen) atoms. The highest BCUT2D eigenvalue weighted by Crippen LogP contribution is 2.29. The molecule has 0 saturated heterocycles. The summed E-state index contributed by atoms with van der Waals surface area (Å²) in [6, 6.07) is 5.76. The minimum Gasteiger partial charge on any atom is -0.351 e. The lowest BCUT2D eigenvalue weighted by atomic mass is 10.0. The maximum Gasteiger partial charge on any atom is 0.252 e. The average molecular weight is 344 g/mol. The Bertz CT molecular complexity index is 436. The third-order valence-electron chi connectivity index (χ3n) is 3.73. The van der Waals surface area contributed by atoms with Crippen molar-refractivity contribution in [2.75, 3.05) is 12.8 Å². The first-order chi connectivity index (χ1) is 8.99. The smallest absolute Gasteiger partial charge is 0.252 e. The molecule has 2 nitrogen and oxygen atoms in total. The number of hydrogen-bond acceptors (Lipinski definition) is 2. The summed E-state index contributed by atoms with van der Waals surface area (Å²) >= 11 is 5.32. The zero-order valence-electron chi connectivity index (χ0n) is 12.0. The van der Waals surface area contributed by atoms with Gasteiger partial charge in [-0.05, 0) is 53.6 Å². The van der Waals surface area contributed by atoms with Crippen molar-refractivity contribution < 1.29 is 4.79 Å². The summed E-state index contributed by atoms with van der Waals surface area (Å²) in [5.74, 6) is -0.00380. The average Bonchev–Trinajstić information content (AvgIpc) is 2.44. The third kappa shape index (κ3) is 3.99. The summed E-state index contributed by atoms with van der Waals surface area (Å²) in [5, 5.41) is 3.07. The van der Waals surface area contributed by atoms with Gasteiger partial charge < -0.3 is 5.32 Å². The molecule has 0 aliphatic heterocycles. The highest BCUT2D eigenvalue weighted by Gasteiger charge is 2.25. The van der Waals surface area contributed by atoms with Crippen molar-refractivity contribution in [1.29, 1.82) is 0 Å². The van der Waals surface area contributed by atoms with Gasteiger partial charge in [0.05, 0.1) is 5.56 Å². The number of benzene rings is 1. The van der Waals surface area contributed by atoms with Gasteiger partial charge in [0.15, 0.2) is 0 Å². The van der Waals surface area contributed by atoms with E-state index in [1.54, 1.807) is 0 Å². The Labute approximate surface area is 128 Å². The van der Waals surface area contributed by atoms with E-state index in [2.05, 4.69) is 41.3 Å². The van der Waals surface area contributed by atoms with Gasteiger partial charge in [-0.15, -0.1) is 0 Å². The van der Waals surface area contributed by atoms with E-state index in [0.717, 1.165) is 22.9 Å². The summed E-state index contributed by atoms with van der Waals surface area (Å²) in [6.45, 7) is 7.05. The first-order valence-corrected chi connectivity index (χ1v) is 8.60. The van der Waals surface area contributed by atoms with Gasteiger partial charge >= 0.3 is 0 Å². The van der Waals surface area contributed by atoms with Crippen LogP contribution in [0.1, 0.15) is 42.6 Å². The predicted molar refractivity (Wildman–Crippen MR) is 88.0 cm³/mol. The summed E-state index contributed by atoms with van der Waals surface area (Å²) < 4.78 is 1.03. The van der Waals surface area contributed by atoms with Crippen LogP contribution < -0.4 is 5.32 Å². The van der Waals surface area contributed by atoms with E-state index in [-0.39, 0.29) is 10.7 Å². The lowest BCUT2D eigenvalue weighted by molar-refractivity contribution is 0.0948. The predicted octanol–water partition coefficient (Wildman–Crippen LogP) is 4.41. The largest absolute Gasteiger partial charge is 0.351 e. The molecule has 1 aromatic carbocycles. The Kier molecular flexibility index (Phi) is 6.40. The van der Waals surface area contributed by atoms with Gasteiger partial charge in [0.25, 0.3) is 5.91 Å². The Morgan fingerprint density at radius 2 is 2.00 bits per heavy atom. The van der Waals surface area contributed by atoms with Crippen molar-refractivity contribution >= 4 is 33.6 Å². The van der Waals surface area contributed by atoms with Crippen molar-refractivity contribution in [3.8, 4) is 0 Å². The first-order valence-electron chi connectivity index (χ1n) is 6.58. The Hall–Kier alpha value is -0.480. The number of halogens is 1. The van der Waals surface area contributed by atoms with Crippen LogP contribution in [-0.4, -0.2) is 23.5 Å². The second kappa shape index (κ2) is 7.34. The molecule has 0 aromatic heterocycles. The zero-order chi connectivity index (χ0) is 14.5. The summed E-state index contributed by atoms with van der Waals surface area (Å²) in [6.07, 6.45) is 4.22. The molecule has 0 unspecified atom stereocenters. The lowest BCUT2D eigenvalue weighted by Gasteiger charge is -2.29. The number of amides is 1. The molecule has 0 fully saturated rings. The molecular formula is C15H22BrNOS. The summed E-state index contributed by atoms with van der Waals surface area (Å²) in [4.78, 5) is 12.3. The summed E-state index contributed by atoms with van der Waals surface area (Å²) in [7, 11) is 0. The van der Waals surface area contributed by atoms with Crippen LogP contribution >= 0.6 is 27.7 Å². The number of thioether (sulfide) groups is 1. The van der Waals surface area contributed by atoms with Crippen molar-refractivity contribution in [3.05, 3.63) is 33.8 Å². The molecule has 1 N–H and O–H groups in total. The molecule has 0 aliphatic rings. The van der Waals surface area contributed by atoms with Crippen molar-refractivity contribution in [1.82, 2.24) is 5.32 Å². The normalized spacial score (nSPS) is 11.4. The molecule has 0 aliphatic carbocycles. The second-order valence-corrected chi connectivity index (χ2v) is 6.78. The van der Waals surface area contributed by atoms with E-state index in [4.69, 9.17) is 0 Å². The van der Waals surface area contributed by atoms with E-state index in [1.165, 1.54) is 0 Å². The topological polar surface area (TPSA) is 29.1 Å². The lowest BCUT2D eigenvalue weighted by Crippen LogP contribution is -2.39. The van der Waals surface area contributed by atoms with Crippen LogP contribution in [0.3, 0.4) is 0 Å². The van der Waals surface area contributed by atoms with E-state index < -0.39 is 0 Å². The monoisotopic (exact) mass is 343 g/mol. The summed E-state index contributed by atoms with van der Waals surface area (Å²) in [5.41, 5.74) is 1.79. The maximum absolute atomic E-state index is 12.3. The maximum atomic E-state index is 12.3. The molecule has 1 rings (SSSR count). The number of hydrogen-bond donors (Lipinski definition) is 1. The Morgan fingerprint density at radius 3 is 2.53 bits per heavy atom. The number of carbonyl (C=O) groups is 1. The van der Waals surface area contributed by atoms with Gasteiger partial charge in [0.2, 0.25) is 0 Å². The molecule has 1 aromatic rings. The van der Waals surface area contributed by atoms with Crippen LogP contribution in [0.5, 0.6) is 0 Å². The standard InChI is InChI=1S/C15H22BrNOS/c1-5-15(6-2,19-4)10-17-14(18)12-9-7-8-11(3)13(12)16/h7-9H,5-6,10H2,1-4H3,(H,17,18). The fraction of sp³-hybridized carbons (Fsp3) is 0.533. The fourth-order valence-corrected chi connectivity index (χ4v) is 3.26. The van der Waals surface area contributed by atoms with Crippen molar-refractivity contribution in [2.24, 2.45) is 0 Å². The van der Waals surface area contributed by atoms with Gasteiger partial charge in [-0.1, -0.05) is 26.0 Å². The van der Waals surface area contributed by atoms with Crippen LogP contribution in [0, 0.1) is 6.92 Å². The number of aryl methyl sites for hydroxylation is 1. The molecule has 0 bridgehead atoms.